The number of nitrogens with one attached hydrogen (secondary N) is 1. The molecule has 0 atom stereocenters. The maximum absolute atomic E-state index is 12.6. The third-order valence-electron chi connectivity index (χ3n) is 4.12. The molecule has 1 aromatic heterocycles. The number of hydrogen-bond acceptors (Lipinski definition) is 3. The number of rotatable bonds is 4. The van der Waals surface area contributed by atoms with Gasteiger partial charge in [-0.05, 0) is 31.0 Å². The van der Waals surface area contributed by atoms with Crippen LogP contribution in [0.15, 0.2) is 40.8 Å². The minimum atomic E-state index is -0.0773. The third-order valence-corrected chi connectivity index (χ3v) is 4.12. The van der Waals surface area contributed by atoms with Gasteiger partial charge in [0.2, 0.25) is 0 Å². The predicted molar refractivity (Wildman–Crippen MR) is 83.9 cm³/mol. The highest BCUT2D eigenvalue weighted by atomic mass is 16.3. The molecule has 0 bridgehead atoms. The molecule has 0 spiro atoms. The van der Waals surface area contributed by atoms with Gasteiger partial charge in [-0.3, -0.25) is 9.59 Å². The zero-order valence-electron chi connectivity index (χ0n) is 12.4. The van der Waals surface area contributed by atoms with Crippen molar-refractivity contribution in [2.75, 3.05) is 0 Å². The van der Waals surface area contributed by atoms with Crippen molar-refractivity contribution in [3.63, 3.8) is 0 Å². The van der Waals surface area contributed by atoms with E-state index in [0.29, 0.717) is 23.2 Å². The summed E-state index contributed by atoms with van der Waals surface area (Å²) < 4.78 is 5.45. The second kappa shape index (κ2) is 6.60. The van der Waals surface area contributed by atoms with Crippen molar-refractivity contribution in [3.8, 4) is 11.3 Å². The first kappa shape index (κ1) is 14.6. The molecule has 4 heteroatoms. The first-order valence-electron chi connectivity index (χ1n) is 7.73. The Morgan fingerprint density at radius 2 is 1.86 bits per heavy atom. The standard InChI is InChI=1S/C18H19NO3/c20-12-14-10-11-17(22-14)15-8-4-5-9-16(15)18(21)19-13-6-2-1-3-7-13/h4-5,8-13H,1-3,6-7H2,(H,19,21). The largest absolute Gasteiger partial charge is 0.453 e. The average Bonchev–Trinajstić information content (AvgIpc) is 3.05. The van der Waals surface area contributed by atoms with Gasteiger partial charge in [-0.2, -0.15) is 0 Å². The van der Waals surface area contributed by atoms with Crippen LogP contribution in [0.4, 0.5) is 0 Å². The predicted octanol–water partition coefficient (Wildman–Crippen LogP) is 3.82. The molecule has 1 aliphatic carbocycles. The minimum absolute atomic E-state index is 0.0773. The van der Waals surface area contributed by atoms with Crippen LogP contribution in [0, 0.1) is 0 Å². The Balaban J connectivity index is 1.83. The molecule has 22 heavy (non-hydrogen) atoms. The summed E-state index contributed by atoms with van der Waals surface area (Å²) in [5.41, 5.74) is 1.30. The van der Waals surface area contributed by atoms with E-state index in [2.05, 4.69) is 5.32 Å². The van der Waals surface area contributed by atoms with Gasteiger partial charge in [0, 0.05) is 11.6 Å². The van der Waals surface area contributed by atoms with Crippen LogP contribution in [0.5, 0.6) is 0 Å². The zero-order valence-corrected chi connectivity index (χ0v) is 12.4. The highest BCUT2D eigenvalue weighted by Gasteiger charge is 2.19. The molecule has 1 amide bonds. The van der Waals surface area contributed by atoms with Crippen molar-refractivity contribution in [1.82, 2.24) is 5.32 Å². The van der Waals surface area contributed by atoms with Crippen molar-refractivity contribution in [2.24, 2.45) is 0 Å². The fraction of sp³-hybridized carbons (Fsp3) is 0.333. The number of carbonyl (C=O) groups excluding carboxylic acids is 2. The molecule has 114 valence electrons. The van der Waals surface area contributed by atoms with E-state index in [9.17, 15) is 9.59 Å². The fourth-order valence-corrected chi connectivity index (χ4v) is 2.97. The van der Waals surface area contributed by atoms with Crippen LogP contribution >= 0.6 is 0 Å². The number of furan rings is 1. The molecule has 4 nitrogen and oxygen atoms in total. The van der Waals surface area contributed by atoms with E-state index in [1.807, 2.05) is 18.2 Å². The van der Waals surface area contributed by atoms with E-state index in [4.69, 9.17) is 4.42 Å². The summed E-state index contributed by atoms with van der Waals surface area (Å²) in [6.45, 7) is 0. The van der Waals surface area contributed by atoms with Crippen LogP contribution in [0.1, 0.15) is 53.0 Å². The van der Waals surface area contributed by atoms with Crippen LogP contribution in [0.2, 0.25) is 0 Å². The summed E-state index contributed by atoms with van der Waals surface area (Å²) in [6, 6.07) is 10.9. The molecule has 1 aliphatic rings. The van der Waals surface area contributed by atoms with Gasteiger partial charge in [0.05, 0.1) is 5.56 Å². The van der Waals surface area contributed by atoms with E-state index in [1.165, 1.54) is 19.3 Å². The molecule has 1 fully saturated rings. The third kappa shape index (κ3) is 3.11. The van der Waals surface area contributed by atoms with Crippen LogP contribution in [0.3, 0.4) is 0 Å². The quantitative estimate of drug-likeness (QED) is 0.873. The Bertz CT molecular complexity index is 668. The molecular formula is C18H19NO3. The molecule has 1 saturated carbocycles. The monoisotopic (exact) mass is 297 g/mol. The molecule has 0 aliphatic heterocycles. The Morgan fingerprint density at radius 3 is 2.59 bits per heavy atom. The maximum Gasteiger partial charge on any atom is 0.252 e. The van der Waals surface area contributed by atoms with Gasteiger partial charge in [0.25, 0.3) is 5.91 Å². The topological polar surface area (TPSA) is 59.3 Å². The maximum atomic E-state index is 12.6. The first-order chi connectivity index (χ1) is 10.8. The van der Waals surface area contributed by atoms with Crippen LogP contribution in [-0.2, 0) is 0 Å². The zero-order chi connectivity index (χ0) is 15.4. The van der Waals surface area contributed by atoms with Crippen molar-refractivity contribution < 1.29 is 14.0 Å². The van der Waals surface area contributed by atoms with E-state index in [0.717, 1.165) is 12.8 Å². The molecule has 1 N–H and O–H groups in total. The Labute approximate surface area is 129 Å². The second-order valence-corrected chi connectivity index (χ2v) is 5.67. The summed E-state index contributed by atoms with van der Waals surface area (Å²) in [5, 5.41) is 3.12. The van der Waals surface area contributed by atoms with E-state index in [-0.39, 0.29) is 17.7 Å². The van der Waals surface area contributed by atoms with Gasteiger partial charge in [-0.15, -0.1) is 0 Å². The van der Waals surface area contributed by atoms with Crippen molar-refractivity contribution >= 4 is 12.2 Å². The number of benzene rings is 1. The summed E-state index contributed by atoms with van der Waals surface area (Å²) in [6.07, 6.45) is 6.35. The lowest BCUT2D eigenvalue weighted by Crippen LogP contribution is -2.36. The Hall–Kier alpha value is -2.36. The number of aldehydes is 1. The Kier molecular flexibility index (Phi) is 4.37. The molecule has 1 heterocycles. The first-order valence-corrected chi connectivity index (χ1v) is 7.73. The second-order valence-electron chi connectivity index (χ2n) is 5.67. The number of amides is 1. The Morgan fingerprint density at radius 1 is 1.09 bits per heavy atom. The lowest BCUT2D eigenvalue weighted by molar-refractivity contribution is 0.0928. The van der Waals surface area contributed by atoms with Crippen molar-refractivity contribution in [3.05, 3.63) is 47.7 Å². The molecular weight excluding hydrogens is 278 g/mol. The molecule has 0 radical (unpaired) electrons. The summed E-state index contributed by atoms with van der Waals surface area (Å²) in [4.78, 5) is 23.3. The van der Waals surface area contributed by atoms with Gasteiger partial charge in [0.1, 0.15) is 5.76 Å². The van der Waals surface area contributed by atoms with Crippen LogP contribution in [-0.4, -0.2) is 18.2 Å². The van der Waals surface area contributed by atoms with Crippen LogP contribution in [0.25, 0.3) is 11.3 Å². The molecule has 3 rings (SSSR count). The van der Waals surface area contributed by atoms with Gasteiger partial charge >= 0.3 is 0 Å². The number of carbonyl (C=O) groups is 2. The van der Waals surface area contributed by atoms with E-state index >= 15 is 0 Å². The van der Waals surface area contributed by atoms with Gasteiger partial charge in [0.15, 0.2) is 12.0 Å². The molecule has 0 unspecified atom stereocenters. The summed E-state index contributed by atoms with van der Waals surface area (Å²) in [7, 11) is 0. The van der Waals surface area contributed by atoms with Gasteiger partial charge in [-0.25, -0.2) is 0 Å². The van der Waals surface area contributed by atoms with Gasteiger partial charge in [-0.1, -0.05) is 37.5 Å². The summed E-state index contributed by atoms with van der Waals surface area (Å²) in [5.74, 6) is 0.723. The molecule has 2 aromatic rings. The normalized spacial score (nSPS) is 15.5. The van der Waals surface area contributed by atoms with Crippen molar-refractivity contribution in [1.29, 1.82) is 0 Å². The van der Waals surface area contributed by atoms with E-state index in [1.54, 1.807) is 18.2 Å². The van der Waals surface area contributed by atoms with Crippen LogP contribution < -0.4 is 5.32 Å². The lowest BCUT2D eigenvalue weighted by Gasteiger charge is -2.23. The van der Waals surface area contributed by atoms with E-state index < -0.39 is 0 Å². The highest BCUT2D eigenvalue weighted by Crippen LogP contribution is 2.26. The van der Waals surface area contributed by atoms with Crippen molar-refractivity contribution in [2.45, 2.75) is 38.1 Å². The molecule has 1 aromatic carbocycles. The highest BCUT2D eigenvalue weighted by molar-refractivity contribution is 6.00. The lowest BCUT2D eigenvalue weighted by atomic mass is 9.95. The smallest absolute Gasteiger partial charge is 0.252 e. The number of hydrogen-bond donors (Lipinski definition) is 1. The van der Waals surface area contributed by atoms with Gasteiger partial charge < -0.3 is 9.73 Å². The minimum Gasteiger partial charge on any atom is -0.453 e. The average molecular weight is 297 g/mol. The summed E-state index contributed by atoms with van der Waals surface area (Å²) >= 11 is 0. The molecule has 0 saturated heterocycles. The fourth-order valence-electron chi connectivity index (χ4n) is 2.97. The SMILES string of the molecule is O=Cc1ccc(-c2ccccc2C(=O)NC2CCCCC2)o1.